The highest BCUT2D eigenvalue weighted by atomic mass is 16.4. The molecular formula is C25H25BO2. The number of aliphatic hydroxyl groups excluding tert-OH is 1. The topological polar surface area (TPSA) is 29.5 Å². The minimum Gasteiger partial charge on any atom is -0.432 e. The van der Waals surface area contributed by atoms with E-state index in [-0.39, 0.29) is 6.61 Å². The average Bonchev–Trinajstić information content (AvgIpc) is 2.68. The Morgan fingerprint density at radius 1 is 0.750 bits per heavy atom. The molecule has 4 aromatic rings. The Bertz CT molecular complexity index is 1080. The van der Waals surface area contributed by atoms with Crippen molar-refractivity contribution in [2.45, 2.75) is 20.8 Å². The summed E-state index contributed by atoms with van der Waals surface area (Å²) in [6, 6.07) is 21.7. The van der Waals surface area contributed by atoms with E-state index in [0.717, 1.165) is 0 Å². The fourth-order valence-electron chi connectivity index (χ4n) is 4.46. The van der Waals surface area contributed by atoms with Crippen molar-refractivity contribution in [3.8, 4) is 11.1 Å². The average molecular weight is 368 g/mol. The maximum Gasteiger partial charge on any atom is 0.309 e. The molecule has 0 aliphatic heterocycles. The Morgan fingerprint density at radius 2 is 1.25 bits per heavy atom. The van der Waals surface area contributed by atoms with Gasteiger partial charge in [0.25, 0.3) is 0 Å². The van der Waals surface area contributed by atoms with Gasteiger partial charge in [-0.15, -0.1) is 0 Å². The van der Waals surface area contributed by atoms with E-state index in [1.54, 1.807) is 0 Å². The summed E-state index contributed by atoms with van der Waals surface area (Å²) in [6.45, 7) is 6.95. The van der Waals surface area contributed by atoms with Gasteiger partial charge in [-0.1, -0.05) is 66.2 Å². The van der Waals surface area contributed by atoms with Crippen LogP contribution in [-0.4, -0.2) is 25.8 Å². The summed E-state index contributed by atoms with van der Waals surface area (Å²) in [5, 5.41) is 14.1. The third kappa shape index (κ3) is 3.21. The normalized spacial score (nSPS) is 11.3. The second kappa shape index (κ2) is 7.79. The van der Waals surface area contributed by atoms with Gasteiger partial charge < -0.3 is 9.76 Å². The number of aliphatic hydroxyl groups is 1. The van der Waals surface area contributed by atoms with E-state index in [1.165, 1.54) is 54.8 Å². The summed E-state index contributed by atoms with van der Waals surface area (Å²) in [7, 11) is 0.494. The van der Waals surface area contributed by atoms with Gasteiger partial charge in [0, 0.05) is 0 Å². The van der Waals surface area contributed by atoms with E-state index >= 15 is 0 Å². The molecule has 0 radical (unpaired) electrons. The fourth-order valence-corrected chi connectivity index (χ4v) is 4.46. The van der Waals surface area contributed by atoms with Crippen molar-refractivity contribution in [2.75, 3.05) is 13.2 Å². The van der Waals surface area contributed by atoms with Crippen LogP contribution in [-0.2, 0) is 4.65 Å². The number of fused-ring (bicyclic) bond motifs is 2. The number of aryl methyl sites for hydroxylation is 3. The van der Waals surface area contributed by atoms with Crippen LogP contribution in [0.1, 0.15) is 16.7 Å². The Kier molecular flexibility index (Phi) is 5.21. The van der Waals surface area contributed by atoms with Crippen molar-refractivity contribution in [1.82, 2.24) is 0 Å². The maximum absolute atomic E-state index is 9.12. The first-order valence-corrected chi connectivity index (χ1v) is 9.81. The molecule has 0 fully saturated rings. The monoisotopic (exact) mass is 368 g/mol. The van der Waals surface area contributed by atoms with E-state index in [1.807, 2.05) is 0 Å². The van der Waals surface area contributed by atoms with Crippen LogP contribution in [0.25, 0.3) is 32.7 Å². The minimum atomic E-state index is 0.0374. The van der Waals surface area contributed by atoms with E-state index in [4.69, 9.17) is 9.76 Å². The highest BCUT2D eigenvalue weighted by molar-refractivity contribution is 6.56. The first-order chi connectivity index (χ1) is 13.6. The van der Waals surface area contributed by atoms with Gasteiger partial charge >= 0.3 is 7.48 Å². The Hall–Kier alpha value is -2.62. The van der Waals surface area contributed by atoms with Gasteiger partial charge in [0.2, 0.25) is 0 Å². The van der Waals surface area contributed by atoms with E-state index in [0.29, 0.717) is 14.1 Å². The number of rotatable bonds is 5. The van der Waals surface area contributed by atoms with Gasteiger partial charge in [0.05, 0.1) is 13.2 Å². The van der Waals surface area contributed by atoms with E-state index in [2.05, 4.69) is 81.4 Å². The SMILES string of the molecule is Cc1cc(C)c(-c2c3ccccc3c(BOCCO)c3ccccc23)c(C)c1. The summed E-state index contributed by atoms with van der Waals surface area (Å²) in [5.41, 5.74) is 7.70. The second-order valence-corrected chi connectivity index (χ2v) is 7.49. The van der Waals surface area contributed by atoms with Crippen LogP contribution in [0, 0.1) is 20.8 Å². The Morgan fingerprint density at radius 3 is 1.75 bits per heavy atom. The first-order valence-electron chi connectivity index (χ1n) is 9.81. The van der Waals surface area contributed by atoms with Crippen LogP contribution in [0.4, 0.5) is 0 Å². The lowest BCUT2D eigenvalue weighted by molar-refractivity contribution is 0.209. The smallest absolute Gasteiger partial charge is 0.309 e. The highest BCUT2D eigenvalue weighted by Crippen LogP contribution is 2.39. The fraction of sp³-hybridized carbons (Fsp3) is 0.200. The minimum absolute atomic E-state index is 0.0374. The van der Waals surface area contributed by atoms with E-state index < -0.39 is 0 Å². The Balaban J connectivity index is 2.12. The first kappa shape index (κ1) is 18.7. The van der Waals surface area contributed by atoms with Gasteiger partial charge in [-0.3, -0.25) is 0 Å². The zero-order chi connectivity index (χ0) is 19.7. The van der Waals surface area contributed by atoms with Crippen molar-refractivity contribution >= 4 is 34.5 Å². The molecule has 0 aliphatic carbocycles. The predicted octanol–water partition coefficient (Wildman–Crippen LogP) is 4.57. The molecule has 1 N–H and O–H groups in total. The van der Waals surface area contributed by atoms with Gasteiger partial charge in [0.15, 0.2) is 0 Å². The van der Waals surface area contributed by atoms with Crippen LogP contribution in [0.5, 0.6) is 0 Å². The summed E-state index contributed by atoms with van der Waals surface area (Å²) < 4.78 is 5.74. The molecule has 3 heteroatoms. The van der Waals surface area contributed by atoms with Gasteiger partial charge in [0.1, 0.15) is 0 Å². The molecule has 0 saturated carbocycles. The standard InChI is InChI=1S/C25H25BO2/c1-16-14-17(2)23(18(3)15-16)24-19-8-4-6-10-21(19)25(26-28-13-12-27)22-11-7-5-9-20(22)24/h4-11,14-15,26-27H,12-13H2,1-3H3. The number of hydrogen-bond donors (Lipinski definition) is 1. The molecule has 140 valence electrons. The van der Waals surface area contributed by atoms with Crippen molar-refractivity contribution in [3.63, 3.8) is 0 Å². The molecule has 0 bridgehead atoms. The molecular weight excluding hydrogens is 343 g/mol. The number of benzene rings is 4. The largest absolute Gasteiger partial charge is 0.432 e. The third-order valence-corrected chi connectivity index (χ3v) is 5.45. The van der Waals surface area contributed by atoms with Crippen LogP contribution >= 0.6 is 0 Å². The lowest BCUT2D eigenvalue weighted by Crippen LogP contribution is -2.21. The summed E-state index contributed by atoms with van der Waals surface area (Å²) in [6.07, 6.45) is 0. The lowest BCUT2D eigenvalue weighted by Gasteiger charge is -2.20. The van der Waals surface area contributed by atoms with Crippen molar-refractivity contribution in [3.05, 3.63) is 77.4 Å². The molecule has 4 rings (SSSR count). The molecule has 0 unspecified atom stereocenters. The summed E-state index contributed by atoms with van der Waals surface area (Å²) in [4.78, 5) is 0. The summed E-state index contributed by atoms with van der Waals surface area (Å²) >= 11 is 0. The number of hydrogen-bond acceptors (Lipinski definition) is 2. The van der Waals surface area contributed by atoms with Gasteiger partial charge in [-0.2, -0.15) is 0 Å². The second-order valence-electron chi connectivity index (χ2n) is 7.49. The van der Waals surface area contributed by atoms with Crippen molar-refractivity contribution in [2.24, 2.45) is 0 Å². The highest BCUT2D eigenvalue weighted by Gasteiger charge is 2.18. The van der Waals surface area contributed by atoms with E-state index in [9.17, 15) is 0 Å². The zero-order valence-electron chi connectivity index (χ0n) is 16.8. The maximum atomic E-state index is 9.12. The molecule has 0 aliphatic rings. The van der Waals surface area contributed by atoms with Gasteiger partial charge in [-0.25, -0.2) is 0 Å². The molecule has 0 heterocycles. The summed E-state index contributed by atoms with van der Waals surface area (Å²) in [5.74, 6) is 0. The molecule has 2 nitrogen and oxygen atoms in total. The quantitative estimate of drug-likeness (QED) is 0.318. The van der Waals surface area contributed by atoms with Crippen molar-refractivity contribution < 1.29 is 9.76 Å². The van der Waals surface area contributed by atoms with Gasteiger partial charge in [-0.05, 0) is 70.0 Å². The molecule has 0 amide bonds. The van der Waals surface area contributed by atoms with Crippen LogP contribution in [0.15, 0.2) is 60.7 Å². The zero-order valence-corrected chi connectivity index (χ0v) is 16.8. The van der Waals surface area contributed by atoms with Crippen LogP contribution in [0.3, 0.4) is 0 Å². The van der Waals surface area contributed by atoms with Crippen LogP contribution in [0.2, 0.25) is 0 Å². The molecule has 0 saturated heterocycles. The van der Waals surface area contributed by atoms with Crippen molar-refractivity contribution in [1.29, 1.82) is 0 Å². The lowest BCUT2D eigenvalue weighted by atomic mass is 9.76. The molecule has 28 heavy (non-hydrogen) atoms. The molecule has 0 aromatic heterocycles. The molecule has 4 aromatic carbocycles. The van der Waals surface area contributed by atoms with Crippen LogP contribution < -0.4 is 5.46 Å². The third-order valence-electron chi connectivity index (χ3n) is 5.45. The molecule has 0 atom stereocenters. The predicted molar refractivity (Wildman–Crippen MR) is 121 cm³/mol. The molecule has 0 spiro atoms. The Labute approximate surface area is 167 Å².